The van der Waals surface area contributed by atoms with Gasteiger partial charge in [-0.05, 0) is 12.1 Å². The molecule has 0 saturated heterocycles. The second-order valence-corrected chi connectivity index (χ2v) is 4.48. The molecule has 0 bridgehead atoms. The average molecular weight is 246 g/mol. The highest BCUT2D eigenvalue weighted by Crippen LogP contribution is 2.24. The molecule has 0 saturated carbocycles. The average Bonchev–Trinajstić information content (AvgIpc) is 2.87. The number of aryl methyl sites for hydroxylation is 1. The molecule has 0 amide bonds. The first-order valence-electron chi connectivity index (χ1n) is 5.22. The van der Waals surface area contributed by atoms with E-state index in [9.17, 15) is 0 Å². The second-order valence-electron chi connectivity index (χ2n) is 3.52. The largest absolute Gasteiger partial charge is 0.384 e. The van der Waals surface area contributed by atoms with Gasteiger partial charge in [0, 0.05) is 6.42 Å². The zero-order valence-corrected chi connectivity index (χ0v) is 9.98. The quantitative estimate of drug-likeness (QED) is 0.739. The zero-order valence-electron chi connectivity index (χ0n) is 9.16. The van der Waals surface area contributed by atoms with Gasteiger partial charge in [-0.2, -0.15) is 9.61 Å². The van der Waals surface area contributed by atoms with E-state index >= 15 is 0 Å². The minimum absolute atomic E-state index is 0.490. The topological polar surface area (TPSA) is 82.0 Å². The van der Waals surface area contributed by atoms with Crippen molar-refractivity contribution in [2.45, 2.75) is 13.3 Å². The van der Waals surface area contributed by atoms with Gasteiger partial charge in [0.1, 0.15) is 11.5 Å². The van der Waals surface area contributed by atoms with Crippen LogP contribution in [-0.2, 0) is 6.42 Å². The molecular weight excluding hydrogens is 236 g/mol. The Labute approximate surface area is 101 Å². The lowest BCUT2D eigenvalue weighted by Crippen LogP contribution is -1.95. The molecule has 86 valence electrons. The summed E-state index contributed by atoms with van der Waals surface area (Å²) in [6.07, 6.45) is 0.800. The molecule has 0 atom stereocenters. The van der Waals surface area contributed by atoms with Crippen molar-refractivity contribution in [1.29, 1.82) is 0 Å². The normalized spacial score (nSPS) is 11.1. The van der Waals surface area contributed by atoms with E-state index in [0.29, 0.717) is 5.82 Å². The van der Waals surface area contributed by atoms with Gasteiger partial charge in [-0.15, -0.1) is 10.2 Å². The highest BCUT2D eigenvalue weighted by atomic mass is 32.1. The molecule has 3 heterocycles. The van der Waals surface area contributed by atoms with E-state index < -0.39 is 0 Å². The first-order chi connectivity index (χ1) is 8.28. The lowest BCUT2D eigenvalue weighted by Gasteiger charge is -1.95. The maximum absolute atomic E-state index is 5.65. The van der Waals surface area contributed by atoms with E-state index in [-0.39, 0.29) is 0 Å². The third-order valence-electron chi connectivity index (χ3n) is 2.36. The predicted molar refractivity (Wildman–Crippen MR) is 65.7 cm³/mol. The van der Waals surface area contributed by atoms with Crippen LogP contribution in [0.15, 0.2) is 18.2 Å². The summed E-state index contributed by atoms with van der Waals surface area (Å²) in [5.41, 5.74) is 6.42. The van der Waals surface area contributed by atoms with Crippen LogP contribution in [-0.4, -0.2) is 24.8 Å². The Morgan fingerprint density at radius 3 is 3.00 bits per heavy atom. The van der Waals surface area contributed by atoms with Crippen molar-refractivity contribution in [3.63, 3.8) is 0 Å². The molecule has 6 nitrogen and oxygen atoms in total. The summed E-state index contributed by atoms with van der Waals surface area (Å²) in [7, 11) is 0. The molecule has 0 aromatic carbocycles. The fraction of sp³-hybridized carbons (Fsp3) is 0.200. The van der Waals surface area contributed by atoms with E-state index in [1.165, 1.54) is 11.3 Å². The zero-order chi connectivity index (χ0) is 11.8. The van der Waals surface area contributed by atoms with Gasteiger partial charge in [0.25, 0.3) is 0 Å². The van der Waals surface area contributed by atoms with Gasteiger partial charge >= 0.3 is 0 Å². The number of fused-ring (bicyclic) bond motifs is 1. The number of aromatic nitrogens is 5. The first-order valence-corrected chi connectivity index (χ1v) is 6.03. The molecule has 0 spiro atoms. The molecule has 2 N–H and O–H groups in total. The number of hydrogen-bond donors (Lipinski definition) is 1. The Kier molecular flexibility index (Phi) is 2.25. The van der Waals surface area contributed by atoms with Crippen LogP contribution in [0.3, 0.4) is 0 Å². The lowest BCUT2D eigenvalue weighted by molar-refractivity contribution is 0.837. The van der Waals surface area contributed by atoms with E-state index in [1.54, 1.807) is 10.6 Å². The van der Waals surface area contributed by atoms with Crippen LogP contribution in [0, 0.1) is 0 Å². The van der Waals surface area contributed by atoms with Gasteiger partial charge in [0.05, 0.1) is 0 Å². The maximum atomic E-state index is 5.65. The van der Waals surface area contributed by atoms with Crippen molar-refractivity contribution in [2.24, 2.45) is 0 Å². The Bertz CT molecular complexity index is 670. The van der Waals surface area contributed by atoms with Gasteiger partial charge in [-0.1, -0.05) is 24.3 Å². The summed E-state index contributed by atoms with van der Waals surface area (Å²) in [5, 5.41) is 13.4. The monoisotopic (exact) mass is 246 g/mol. The molecule has 3 aromatic heterocycles. The Hall–Kier alpha value is -2.02. The Morgan fingerprint density at radius 1 is 1.35 bits per heavy atom. The summed E-state index contributed by atoms with van der Waals surface area (Å²) < 4.78 is 1.75. The third-order valence-corrected chi connectivity index (χ3v) is 3.28. The molecule has 0 radical (unpaired) electrons. The number of rotatable bonds is 2. The van der Waals surface area contributed by atoms with Crippen molar-refractivity contribution < 1.29 is 0 Å². The number of hydrogen-bond acceptors (Lipinski definition) is 6. The van der Waals surface area contributed by atoms with Gasteiger partial charge in [0.2, 0.25) is 4.96 Å². The minimum Gasteiger partial charge on any atom is -0.384 e. The lowest BCUT2D eigenvalue weighted by atomic mass is 10.3. The fourth-order valence-electron chi connectivity index (χ4n) is 1.55. The molecule has 3 rings (SSSR count). The van der Waals surface area contributed by atoms with Crippen molar-refractivity contribution in [2.75, 3.05) is 5.73 Å². The van der Waals surface area contributed by atoms with Crippen LogP contribution < -0.4 is 5.73 Å². The molecule has 0 aliphatic carbocycles. The number of nitrogens with two attached hydrogens (primary N) is 1. The van der Waals surface area contributed by atoms with Gasteiger partial charge in [-0.25, -0.2) is 4.98 Å². The van der Waals surface area contributed by atoms with Crippen molar-refractivity contribution in [3.8, 4) is 10.7 Å². The highest BCUT2D eigenvalue weighted by Gasteiger charge is 2.12. The number of pyridine rings is 1. The Balaban J connectivity index is 2.15. The highest BCUT2D eigenvalue weighted by molar-refractivity contribution is 7.19. The summed E-state index contributed by atoms with van der Waals surface area (Å²) in [6, 6.07) is 5.50. The van der Waals surface area contributed by atoms with Crippen LogP contribution >= 0.6 is 11.3 Å². The summed E-state index contributed by atoms with van der Waals surface area (Å²) in [5.74, 6) is 1.34. The summed E-state index contributed by atoms with van der Waals surface area (Å²) >= 11 is 1.46. The maximum Gasteiger partial charge on any atom is 0.235 e. The summed E-state index contributed by atoms with van der Waals surface area (Å²) in [6.45, 7) is 2.02. The van der Waals surface area contributed by atoms with E-state index in [2.05, 4.69) is 20.3 Å². The summed E-state index contributed by atoms with van der Waals surface area (Å²) in [4.78, 5) is 5.02. The van der Waals surface area contributed by atoms with Crippen molar-refractivity contribution >= 4 is 22.1 Å². The van der Waals surface area contributed by atoms with E-state index in [4.69, 9.17) is 5.73 Å². The van der Waals surface area contributed by atoms with E-state index in [0.717, 1.165) is 27.9 Å². The van der Waals surface area contributed by atoms with Crippen LogP contribution in [0.5, 0.6) is 0 Å². The molecule has 0 aliphatic rings. The van der Waals surface area contributed by atoms with Crippen LogP contribution in [0.4, 0.5) is 5.82 Å². The molecular formula is C10H10N6S. The second kappa shape index (κ2) is 3.77. The SMILES string of the molecule is CCc1nnc2sc(-c3cccc(N)n3)nn12. The number of nitrogens with zero attached hydrogens (tertiary/aromatic N) is 5. The van der Waals surface area contributed by atoms with Crippen molar-refractivity contribution in [1.82, 2.24) is 24.8 Å². The molecule has 0 fully saturated rings. The third kappa shape index (κ3) is 1.64. The minimum atomic E-state index is 0.490. The van der Waals surface area contributed by atoms with E-state index in [1.807, 2.05) is 19.1 Å². The standard InChI is InChI=1S/C10H10N6S/c1-2-8-13-14-10-16(8)15-9(17-10)6-4-3-5-7(11)12-6/h3-5H,2H2,1H3,(H2,11,12). The molecule has 3 aromatic rings. The fourth-order valence-corrected chi connectivity index (χ4v) is 2.38. The smallest absolute Gasteiger partial charge is 0.235 e. The predicted octanol–water partition coefficient (Wildman–Crippen LogP) is 1.39. The number of anilines is 1. The van der Waals surface area contributed by atoms with Crippen LogP contribution in [0.1, 0.15) is 12.7 Å². The first kappa shape index (κ1) is 10.2. The van der Waals surface area contributed by atoms with Crippen LogP contribution in [0.25, 0.3) is 15.7 Å². The van der Waals surface area contributed by atoms with Gasteiger partial charge in [0.15, 0.2) is 10.8 Å². The van der Waals surface area contributed by atoms with Gasteiger partial charge in [-0.3, -0.25) is 0 Å². The molecule has 0 aliphatic heterocycles. The molecule has 0 unspecified atom stereocenters. The molecule has 7 heteroatoms. The Morgan fingerprint density at radius 2 is 2.24 bits per heavy atom. The van der Waals surface area contributed by atoms with Crippen molar-refractivity contribution in [3.05, 3.63) is 24.0 Å². The number of nitrogen functional groups attached to an aromatic ring is 1. The molecule has 17 heavy (non-hydrogen) atoms. The van der Waals surface area contributed by atoms with Gasteiger partial charge < -0.3 is 5.73 Å². The van der Waals surface area contributed by atoms with Crippen LogP contribution in [0.2, 0.25) is 0 Å².